The first kappa shape index (κ1) is 15.6. The van der Waals surface area contributed by atoms with Crippen LogP contribution in [0.2, 0.25) is 0 Å². The number of benzene rings is 1. The maximum absolute atomic E-state index is 13.5. The van der Waals surface area contributed by atoms with Crippen LogP contribution in [0.15, 0.2) is 22.7 Å². The van der Waals surface area contributed by atoms with E-state index in [1.807, 2.05) is 6.92 Å². The molecule has 0 saturated carbocycles. The molecule has 4 nitrogen and oxygen atoms in total. The third-order valence-electron chi connectivity index (χ3n) is 2.65. The Morgan fingerprint density at radius 3 is 2.74 bits per heavy atom. The van der Waals surface area contributed by atoms with Crippen molar-refractivity contribution < 1.29 is 19.1 Å². The fourth-order valence-electron chi connectivity index (χ4n) is 1.54. The van der Waals surface area contributed by atoms with Gasteiger partial charge in [0.05, 0.1) is 5.56 Å². The predicted octanol–water partition coefficient (Wildman–Crippen LogP) is 2.82. The summed E-state index contributed by atoms with van der Waals surface area (Å²) in [6.07, 6.45) is 0.522. The summed E-state index contributed by atoms with van der Waals surface area (Å²) in [4.78, 5) is 22.2. The Morgan fingerprint density at radius 1 is 1.47 bits per heavy atom. The maximum atomic E-state index is 13.5. The zero-order chi connectivity index (χ0) is 14.4. The second kappa shape index (κ2) is 7.23. The van der Waals surface area contributed by atoms with Crippen LogP contribution in [-0.4, -0.2) is 23.5 Å². The van der Waals surface area contributed by atoms with Gasteiger partial charge in [0.2, 0.25) is 0 Å². The summed E-state index contributed by atoms with van der Waals surface area (Å²) >= 11 is 3.13. The molecule has 19 heavy (non-hydrogen) atoms. The molecular weight excluding hydrogens is 317 g/mol. The molecule has 0 fully saturated rings. The average molecular weight is 332 g/mol. The lowest BCUT2D eigenvalue weighted by Gasteiger charge is -2.12. The zero-order valence-electron chi connectivity index (χ0n) is 10.5. The van der Waals surface area contributed by atoms with Crippen LogP contribution in [0, 0.1) is 11.7 Å². The average Bonchev–Trinajstić information content (AvgIpc) is 2.33. The van der Waals surface area contributed by atoms with Gasteiger partial charge >= 0.3 is 5.97 Å². The number of carboxylic acid groups (broad SMARTS) is 1. The molecule has 6 heteroatoms. The van der Waals surface area contributed by atoms with Crippen LogP contribution in [0.3, 0.4) is 0 Å². The summed E-state index contributed by atoms with van der Waals surface area (Å²) in [6, 6.07) is 4.31. The number of carboxylic acids is 1. The molecule has 104 valence electrons. The molecule has 0 heterocycles. The molecule has 0 bridgehead atoms. The summed E-state index contributed by atoms with van der Waals surface area (Å²) in [7, 11) is 0. The molecule has 0 saturated heterocycles. The normalized spacial score (nSPS) is 11.9. The molecule has 0 aliphatic carbocycles. The number of hydrogen-bond donors (Lipinski definition) is 2. The molecule has 1 atom stereocenters. The number of carbonyl (C=O) groups excluding carboxylic acids is 1. The Labute approximate surface area is 119 Å². The first-order valence-electron chi connectivity index (χ1n) is 5.85. The number of rotatable bonds is 6. The minimum atomic E-state index is -0.866. The predicted molar refractivity (Wildman–Crippen MR) is 72.5 cm³/mol. The van der Waals surface area contributed by atoms with Crippen molar-refractivity contribution in [2.45, 2.75) is 19.8 Å². The smallest absolute Gasteiger partial charge is 0.303 e. The van der Waals surface area contributed by atoms with Crippen molar-refractivity contribution in [1.29, 1.82) is 0 Å². The Kier molecular flexibility index (Phi) is 5.95. The highest BCUT2D eigenvalue weighted by atomic mass is 79.9. The summed E-state index contributed by atoms with van der Waals surface area (Å²) in [6.45, 7) is 2.15. The minimum Gasteiger partial charge on any atom is -0.481 e. The van der Waals surface area contributed by atoms with Gasteiger partial charge in [-0.15, -0.1) is 0 Å². The molecule has 0 aliphatic heterocycles. The Hall–Kier alpha value is -1.43. The van der Waals surface area contributed by atoms with E-state index in [2.05, 4.69) is 21.2 Å². The van der Waals surface area contributed by atoms with Crippen LogP contribution in [0.1, 0.15) is 30.1 Å². The largest absolute Gasteiger partial charge is 0.481 e. The van der Waals surface area contributed by atoms with Gasteiger partial charge < -0.3 is 10.4 Å². The number of halogens is 2. The third kappa shape index (κ3) is 4.98. The molecular formula is C13H15BrFNO3. The van der Waals surface area contributed by atoms with E-state index in [0.717, 1.165) is 0 Å². The van der Waals surface area contributed by atoms with Gasteiger partial charge in [0.25, 0.3) is 5.91 Å². The summed E-state index contributed by atoms with van der Waals surface area (Å²) in [5, 5.41) is 11.1. The molecule has 0 aromatic heterocycles. The quantitative estimate of drug-likeness (QED) is 0.842. The van der Waals surface area contributed by atoms with E-state index in [1.165, 1.54) is 12.1 Å². The van der Waals surface area contributed by atoms with E-state index < -0.39 is 17.7 Å². The van der Waals surface area contributed by atoms with Crippen LogP contribution in [0.4, 0.5) is 4.39 Å². The van der Waals surface area contributed by atoms with Crippen molar-refractivity contribution in [3.05, 3.63) is 34.1 Å². The van der Waals surface area contributed by atoms with E-state index >= 15 is 0 Å². The molecule has 1 aromatic carbocycles. The molecule has 0 radical (unpaired) electrons. The fourth-order valence-corrected chi connectivity index (χ4v) is 2.06. The maximum Gasteiger partial charge on any atom is 0.303 e. The van der Waals surface area contributed by atoms with Crippen LogP contribution in [0.25, 0.3) is 0 Å². The van der Waals surface area contributed by atoms with Crippen molar-refractivity contribution in [3.63, 3.8) is 0 Å². The van der Waals surface area contributed by atoms with Crippen LogP contribution >= 0.6 is 15.9 Å². The fraction of sp³-hybridized carbons (Fsp3) is 0.385. The highest BCUT2D eigenvalue weighted by Crippen LogP contribution is 2.19. The molecule has 0 aliphatic rings. The van der Waals surface area contributed by atoms with Crippen LogP contribution in [0.5, 0.6) is 0 Å². The zero-order valence-corrected chi connectivity index (χ0v) is 12.0. The van der Waals surface area contributed by atoms with E-state index in [0.29, 0.717) is 17.4 Å². The number of amides is 1. The van der Waals surface area contributed by atoms with E-state index in [-0.39, 0.29) is 17.9 Å². The monoisotopic (exact) mass is 331 g/mol. The van der Waals surface area contributed by atoms with Gasteiger partial charge in [0.1, 0.15) is 5.82 Å². The van der Waals surface area contributed by atoms with Crippen LogP contribution < -0.4 is 5.32 Å². The first-order valence-corrected chi connectivity index (χ1v) is 6.65. The van der Waals surface area contributed by atoms with Gasteiger partial charge in [0, 0.05) is 17.4 Å². The number of carbonyl (C=O) groups is 2. The molecule has 0 spiro atoms. The van der Waals surface area contributed by atoms with Crippen molar-refractivity contribution >= 4 is 27.8 Å². The second-order valence-electron chi connectivity index (χ2n) is 4.34. The van der Waals surface area contributed by atoms with Crippen molar-refractivity contribution in [2.24, 2.45) is 5.92 Å². The van der Waals surface area contributed by atoms with E-state index in [4.69, 9.17) is 5.11 Å². The molecule has 1 rings (SSSR count). The highest BCUT2D eigenvalue weighted by molar-refractivity contribution is 9.10. The number of nitrogens with one attached hydrogen (secondary N) is 1. The summed E-state index contributed by atoms with van der Waals surface area (Å²) < 4.78 is 13.9. The topological polar surface area (TPSA) is 66.4 Å². The Balaban J connectivity index is 2.54. The molecule has 1 amide bonds. The molecule has 1 unspecified atom stereocenters. The van der Waals surface area contributed by atoms with Crippen molar-refractivity contribution in [1.82, 2.24) is 5.32 Å². The van der Waals surface area contributed by atoms with Gasteiger partial charge in [-0.2, -0.15) is 0 Å². The van der Waals surface area contributed by atoms with Crippen molar-refractivity contribution in [2.75, 3.05) is 6.54 Å². The van der Waals surface area contributed by atoms with E-state index in [1.54, 1.807) is 6.07 Å². The minimum absolute atomic E-state index is 0.0191. The van der Waals surface area contributed by atoms with Gasteiger partial charge in [0.15, 0.2) is 0 Å². The highest BCUT2D eigenvalue weighted by Gasteiger charge is 2.16. The lowest BCUT2D eigenvalue weighted by Crippen LogP contribution is -2.29. The van der Waals surface area contributed by atoms with Crippen LogP contribution in [-0.2, 0) is 4.79 Å². The third-order valence-corrected chi connectivity index (χ3v) is 3.31. The Morgan fingerprint density at radius 2 is 2.16 bits per heavy atom. The standard InChI is InChI=1S/C13H15BrFNO3/c1-8(5-6-11(17)18)7-16-13(19)12-9(14)3-2-4-10(12)15/h2-4,8H,5-7H2,1H3,(H,16,19)(H,17,18). The lowest BCUT2D eigenvalue weighted by atomic mass is 10.1. The second-order valence-corrected chi connectivity index (χ2v) is 5.20. The van der Waals surface area contributed by atoms with Gasteiger partial charge in [-0.05, 0) is 40.4 Å². The summed E-state index contributed by atoms with van der Waals surface area (Å²) in [5.74, 6) is -1.95. The Bertz CT molecular complexity index is 459. The van der Waals surface area contributed by atoms with Crippen molar-refractivity contribution in [3.8, 4) is 0 Å². The SMILES string of the molecule is CC(CCC(=O)O)CNC(=O)c1c(F)cccc1Br. The van der Waals surface area contributed by atoms with Gasteiger partial charge in [-0.25, -0.2) is 4.39 Å². The molecule has 1 aromatic rings. The first-order chi connectivity index (χ1) is 8.91. The summed E-state index contributed by atoms with van der Waals surface area (Å²) in [5.41, 5.74) is -0.0343. The molecule has 2 N–H and O–H groups in total. The van der Waals surface area contributed by atoms with Gasteiger partial charge in [-0.1, -0.05) is 13.0 Å². The number of hydrogen-bond acceptors (Lipinski definition) is 2. The van der Waals surface area contributed by atoms with E-state index in [9.17, 15) is 14.0 Å². The lowest BCUT2D eigenvalue weighted by molar-refractivity contribution is -0.137. The van der Waals surface area contributed by atoms with Gasteiger partial charge in [-0.3, -0.25) is 9.59 Å². The number of aliphatic carboxylic acids is 1.